The van der Waals surface area contributed by atoms with Crippen molar-refractivity contribution in [1.82, 2.24) is 0 Å². The van der Waals surface area contributed by atoms with Gasteiger partial charge in [-0.25, -0.2) is 0 Å². The molecule has 0 saturated carbocycles. The summed E-state index contributed by atoms with van der Waals surface area (Å²) < 4.78 is 0. The molecule has 0 unspecified atom stereocenters. The molecular weight excluding hydrogens is 322 g/mol. The molecule has 3 N–H and O–H groups in total. The summed E-state index contributed by atoms with van der Waals surface area (Å²) in [4.78, 5) is 14.3. The summed E-state index contributed by atoms with van der Waals surface area (Å²) in [5.74, 6) is 0.156. The number of nitrogen functional groups attached to an aromatic ring is 1. The minimum absolute atomic E-state index is 0.122. The Morgan fingerprint density at radius 2 is 2.08 bits per heavy atom. The van der Waals surface area contributed by atoms with Crippen molar-refractivity contribution in [2.24, 2.45) is 0 Å². The SMILES string of the molecule is CCC(=O)N1c2ccccc2[C@H](Nc2ccc(N)c(Cl)c2)C[C@@H]1C. The zero-order chi connectivity index (χ0) is 17.3. The van der Waals surface area contributed by atoms with Crippen LogP contribution in [0.25, 0.3) is 0 Å². The van der Waals surface area contributed by atoms with Gasteiger partial charge in [-0.2, -0.15) is 0 Å². The van der Waals surface area contributed by atoms with Gasteiger partial charge in [0, 0.05) is 23.8 Å². The van der Waals surface area contributed by atoms with Crippen LogP contribution in [0.4, 0.5) is 17.1 Å². The van der Waals surface area contributed by atoms with Gasteiger partial charge >= 0.3 is 0 Å². The van der Waals surface area contributed by atoms with Crippen LogP contribution in [0.2, 0.25) is 5.02 Å². The van der Waals surface area contributed by atoms with Crippen molar-refractivity contribution in [3.05, 3.63) is 53.1 Å². The Morgan fingerprint density at radius 3 is 2.79 bits per heavy atom. The molecule has 126 valence electrons. The first kappa shape index (κ1) is 16.7. The van der Waals surface area contributed by atoms with Gasteiger partial charge in [0.1, 0.15) is 0 Å². The number of hydrogen-bond donors (Lipinski definition) is 2. The van der Waals surface area contributed by atoms with Gasteiger partial charge in [0.2, 0.25) is 5.91 Å². The number of anilines is 3. The Morgan fingerprint density at radius 1 is 1.33 bits per heavy atom. The highest BCUT2D eigenvalue weighted by atomic mass is 35.5. The number of carbonyl (C=O) groups is 1. The molecule has 0 radical (unpaired) electrons. The van der Waals surface area contributed by atoms with Crippen LogP contribution >= 0.6 is 11.6 Å². The lowest BCUT2D eigenvalue weighted by atomic mass is 9.91. The largest absolute Gasteiger partial charge is 0.398 e. The molecule has 1 heterocycles. The lowest BCUT2D eigenvalue weighted by Crippen LogP contribution is -2.44. The quantitative estimate of drug-likeness (QED) is 0.800. The zero-order valence-electron chi connectivity index (χ0n) is 13.9. The molecule has 1 aliphatic heterocycles. The summed E-state index contributed by atoms with van der Waals surface area (Å²) in [5, 5.41) is 4.08. The van der Waals surface area contributed by atoms with E-state index in [2.05, 4.69) is 18.3 Å². The number of nitrogens with zero attached hydrogens (tertiary/aromatic N) is 1. The number of para-hydroxylation sites is 1. The zero-order valence-corrected chi connectivity index (χ0v) is 14.7. The maximum absolute atomic E-state index is 12.4. The van der Waals surface area contributed by atoms with E-state index in [9.17, 15) is 4.79 Å². The van der Waals surface area contributed by atoms with Crippen LogP contribution in [0.3, 0.4) is 0 Å². The van der Waals surface area contributed by atoms with Gasteiger partial charge in [-0.05, 0) is 43.2 Å². The summed E-state index contributed by atoms with van der Waals surface area (Å²) in [6, 6.07) is 13.9. The van der Waals surface area contributed by atoms with Crippen LogP contribution in [0.1, 0.15) is 38.3 Å². The van der Waals surface area contributed by atoms with Crippen LogP contribution in [-0.2, 0) is 4.79 Å². The second kappa shape index (κ2) is 6.73. The van der Waals surface area contributed by atoms with Gasteiger partial charge in [-0.15, -0.1) is 0 Å². The van der Waals surface area contributed by atoms with Crippen LogP contribution in [0.5, 0.6) is 0 Å². The van der Waals surface area contributed by atoms with Crippen molar-refractivity contribution in [3.8, 4) is 0 Å². The average Bonchev–Trinajstić information content (AvgIpc) is 2.58. The maximum atomic E-state index is 12.4. The Bertz CT molecular complexity index is 762. The van der Waals surface area contributed by atoms with E-state index in [1.807, 2.05) is 42.2 Å². The van der Waals surface area contributed by atoms with E-state index in [0.717, 1.165) is 23.4 Å². The van der Waals surface area contributed by atoms with Crippen LogP contribution in [0, 0.1) is 0 Å². The van der Waals surface area contributed by atoms with E-state index >= 15 is 0 Å². The molecule has 0 bridgehead atoms. The van der Waals surface area contributed by atoms with Crippen molar-refractivity contribution >= 4 is 34.6 Å². The van der Waals surface area contributed by atoms with Gasteiger partial charge < -0.3 is 16.0 Å². The molecule has 1 amide bonds. The first-order valence-electron chi connectivity index (χ1n) is 8.23. The van der Waals surface area contributed by atoms with Crippen LogP contribution in [0.15, 0.2) is 42.5 Å². The standard InChI is InChI=1S/C19H22ClN3O/c1-3-19(24)23-12(2)10-17(14-6-4-5-7-18(14)23)22-13-8-9-16(21)15(20)11-13/h4-9,11-12,17,22H,3,10,21H2,1-2H3/t12-,17+/m0/s1. The normalized spacial score (nSPS) is 19.7. The summed E-state index contributed by atoms with van der Waals surface area (Å²) in [6.45, 7) is 3.99. The highest BCUT2D eigenvalue weighted by Crippen LogP contribution is 2.39. The molecule has 2 aromatic carbocycles. The number of amides is 1. The van der Waals surface area contributed by atoms with Gasteiger partial charge in [0.25, 0.3) is 0 Å². The van der Waals surface area contributed by atoms with Gasteiger partial charge in [-0.3, -0.25) is 4.79 Å². The molecule has 4 nitrogen and oxygen atoms in total. The third-order valence-corrected chi connectivity index (χ3v) is 4.83. The molecule has 0 aromatic heterocycles. The number of nitrogens with two attached hydrogens (primary N) is 1. The molecule has 3 rings (SSSR count). The van der Waals surface area contributed by atoms with Crippen molar-refractivity contribution in [3.63, 3.8) is 0 Å². The van der Waals surface area contributed by atoms with Gasteiger partial charge in [0.05, 0.1) is 16.8 Å². The molecule has 2 aromatic rings. The van der Waals surface area contributed by atoms with E-state index < -0.39 is 0 Å². The summed E-state index contributed by atoms with van der Waals surface area (Å²) in [7, 11) is 0. The molecule has 0 saturated heterocycles. The third-order valence-electron chi connectivity index (χ3n) is 4.50. The fraction of sp³-hybridized carbons (Fsp3) is 0.316. The number of halogens is 1. The fourth-order valence-corrected chi connectivity index (χ4v) is 3.50. The smallest absolute Gasteiger partial charge is 0.226 e. The van der Waals surface area contributed by atoms with Gasteiger partial charge in [0.15, 0.2) is 0 Å². The van der Waals surface area contributed by atoms with Crippen molar-refractivity contribution in [1.29, 1.82) is 0 Å². The van der Waals surface area contributed by atoms with Crippen molar-refractivity contribution in [2.45, 2.75) is 38.8 Å². The molecule has 0 fully saturated rings. The van der Waals surface area contributed by atoms with Crippen molar-refractivity contribution in [2.75, 3.05) is 16.0 Å². The summed E-state index contributed by atoms with van der Waals surface area (Å²) in [5.41, 5.74) is 9.40. The number of fused-ring (bicyclic) bond motifs is 1. The van der Waals surface area contributed by atoms with E-state index in [1.165, 1.54) is 0 Å². The third kappa shape index (κ3) is 3.06. The number of hydrogen-bond acceptors (Lipinski definition) is 3. The summed E-state index contributed by atoms with van der Waals surface area (Å²) >= 11 is 6.13. The van der Waals surface area contributed by atoms with Crippen LogP contribution in [-0.4, -0.2) is 11.9 Å². The van der Waals surface area contributed by atoms with E-state index in [1.54, 1.807) is 6.07 Å². The number of benzene rings is 2. The average molecular weight is 344 g/mol. The second-order valence-electron chi connectivity index (χ2n) is 6.19. The fourth-order valence-electron chi connectivity index (χ4n) is 3.32. The Hall–Kier alpha value is -2.20. The second-order valence-corrected chi connectivity index (χ2v) is 6.60. The van der Waals surface area contributed by atoms with Crippen molar-refractivity contribution < 1.29 is 4.79 Å². The molecule has 24 heavy (non-hydrogen) atoms. The van der Waals surface area contributed by atoms with Gasteiger partial charge in [-0.1, -0.05) is 36.7 Å². The molecule has 0 aliphatic carbocycles. The predicted octanol–water partition coefficient (Wildman–Crippen LogP) is 4.61. The van der Waals surface area contributed by atoms with E-state index in [0.29, 0.717) is 17.1 Å². The maximum Gasteiger partial charge on any atom is 0.226 e. The molecular formula is C19H22ClN3O. The molecule has 5 heteroatoms. The minimum Gasteiger partial charge on any atom is -0.398 e. The lowest BCUT2D eigenvalue weighted by molar-refractivity contribution is -0.118. The lowest BCUT2D eigenvalue weighted by Gasteiger charge is -2.40. The molecule has 2 atom stereocenters. The first-order valence-corrected chi connectivity index (χ1v) is 8.61. The van der Waals surface area contributed by atoms with E-state index in [4.69, 9.17) is 17.3 Å². The monoisotopic (exact) mass is 343 g/mol. The first-order chi connectivity index (χ1) is 11.5. The minimum atomic E-state index is 0.122. The summed E-state index contributed by atoms with van der Waals surface area (Å²) in [6.07, 6.45) is 1.34. The Kier molecular flexibility index (Phi) is 4.67. The van der Waals surface area contributed by atoms with E-state index in [-0.39, 0.29) is 18.0 Å². The number of carbonyl (C=O) groups excluding carboxylic acids is 1. The molecule has 0 spiro atoms. The topological polar surface area (TPSA) is 58.4 Å². The Labute approximate surface area is 147 Å². The molecule has 1 aliphatic rings. The highest BCUT2D eigenvalue weighted by Gasteiger charge is 2.32. The highest BCUT2D eigenvalue weighted by molar-refractivity contribution is 6.33. The van der Waals surface area contributed by atoms with Crippen LogP contribution < -0.4 is 16.0 Å². The Balaban J connectivity index is 1.94. The predicted molar refractivity (Wildman–Crippen MR) is 101 cm³/mol. The number of nitrogens with one attached hydrogen (secondary N) is 1. The number of rotatable bonds is 3.